The lowest BCUT2D eigenvalue weighted by molar-refractivity contribution is -0.143. The average Bonchev–Trinajstić information content (AvgIpc) is 2.99. The normalized spacial score (nSPS) is 11.1. The summed E-state index contributed by atoms with van der Waals surface area (Å²) in [5.41, 5.74) is 4.93. The fraction of sp³-hybridized carbons (Fsp3) is 0.227. The summed E-state index contributed by atoms with van der Waals surface area (Å²) in [6.07, 6.45) is 1.55. The van der Waals surface area contributed by atoms with E-state index in [1.165, 1.54) is 6.07 Å². The second-order valence-electron chi connectivity index (χ2n) is 6.56. The SMILES string of the molecule is CCOC(=O)Cn1c(C)c(/C=N\NC(=O)COc2ccc(Cl)cc2Cl)c2ccccc21. The van der Waals surface area contributed by atoms with E-state index in [0.29, 0.717) is 22.4 Å². The lowest BCUT2D eigenvalue weighted by Crippen LogP contribution is -2.24. The lowest BCUT2D eigenvalue weighted by atomic mass is 10.1. The van der Waals surface area contributed by atoms with Crippen LogP contribution in [0.2, 0.25) is 10.0 Å². The van der Waals surface area contributed by atoms with Crippen molar-refractivity contribution < 1.29 is 19.1 Å². The van der Waals surface area contributed by atoms with Gasteiger partial charge in [0.2, 0.25) is 0 Å². The number of hydrogen-bond donors (Lipinski definition) is 1. The second-order valence-corrected chi connectivity index (χ2v) is 7.41. The van der Waals surface area contributed by atoms with Gasteiger partial charge in [-0.1, -0.05) is 41.4 Å². The van der Waals surface area contributed by atoms with E-state index in [4.69, 9.17) is 32.7 Å². The standard InChI is InChI=1S/C22H21Cl2N3O4/c1-3-30-22(29)12-27-14(2)17(16-6-4-5-7-19(16)27)11-25-26-21(28)13-31-20-9-8-15(23)10-18(20)24/h4-11H,3,12-13H2,1-2H3,(H,26,28)/b25-11-. The van der Waals surface area contributed by atoms with Gasteiger partial charge in [-0.05, 0) is 38.1 Å². The number of hydrogen-bond acceptors (Lipinski definition) is 5. The van der Waals surface area contributed by atoms with E-state index in [1.54, 1.807) is 25.3 Å². The van der Waals surface area contributed by atoms with Gasteiger partial charge in [0.25, 0.3) is 5.91 Å². The van der Waals surface area contributed by atoms with Gasteiger partial charge in [-0.2, -0.15) is 5.10 Å². The van der Waals surface area contributed by atoms with E-state index in [0.717, 1.165) is 22.2 Å². The summed E-state index contributed by atoms with van der Waals surface area (Å²) in [4.78, 5) is 24.1. The molecular weight excluding hydrogens is 441 g/mol. The molecule has 0 aliphatic heterocycles. The minimum atomic E-state index is -0.449. The Bertz CT molecular complexity index is 1140. The lowest BCUT2D eigenvalue weighted by Gasteiger charge is -2.07. The number of ether oxygens (including phenoxy) is 2. The smallest absolute Gasteiger partial charge is 0.325 e. The number of nitrogens with one attached hydrogen (secondary N) is 1. The van der Waals surface area contributed by atoms with Gasteiger partial charge in [-0.3, -0.25) is 9.59 Å². The van der Waals surface area contributed by atoms with Crippen molar-refractivity contribution >= 4 is 52.2 Å². The maximum atomic E-state index is 12.1. The molecule has 0 unspecified atom stereocenters. The summed E-state index contributed by atoms with van der Waals surface area (Å²) in [5.74, 6) is -0.417. The minimum absolute atomic E-state index is 0.0933. The van der Waals surface area contributed by atoms with E-state index in [1.807, 2.05) is 35.8 Å². The van der Waals surface area contributed by atoms with Crippen LogP contribution < -0.4 is 10.2 Å². The van der Waals surface area contributed by atoms with Gasteiger partial charge in [0.15, 0.2) is 6.61 Å². The summed E-state index contributed by atoms with van der Waals surface area (Å²) in [7, 11) is 0. The van der Waals surface area contributed by atoms with Gasteiger partial charge in [0.05, 0.1) is 17.8 Å². The monoisotopic (exact) mass is 461 g/mol. The number of esters is 1. The molecular formula is C22H21Cl2N3O4. The zero-order chi connectivity index (χ0) is 22.4. The van der Waals surface area contributed by atoms with Crippen molar-refractivity contribution in [1.82, 2.24) is 9.99 Å². The Kier molecular flexibility index (Phi) is 7.55. The van der Waals surface area contributed by atoms with Crippen molar-refractivity contribution in [2.45, 2.75) is 20.4 Å². The topological polar surface area (TPSA) is 81.9 Å². The molecule has 1 heterocycles. The molecule has 9 heteroatoms. The first-order valence-corrected chi connectivity index (χ1v) is 10.3. The zero-order valence-electron chi connectivity index (χ0n) is 17.0. The Labute approximate surface area is 189 Å². The summed E-state index contributed by atoms with van der Waals surface area (Å²) < 4.78 is 12.3. The molecule has 0 aliphatic rings. The largest absolute Gasteiger partial charge is 0.482 e. The highest BCUT2D eigenvalue weighted by molar-refractivity contribution is 6.35. The molecule has 31 heavy (non-hydrogen) atoms. The quantitative estimate of drug-likeness (QED) is 0.307. The van der Waals surface area contributed by atoms with E-state index in [2.05, 4.69) is 10.5 Å². The van der Waals surface area contributed by atoms with Crippen molar-refractivity contribution in [3.8, 4) is 5.75 Å². The molecule has 0 spiro atoms. The van der Waals surface area contributed by atoms with E-state index < -0.39 is 5.91 Å². The summed E-state index contributed by atoms with van der Waals surface area (Å²) in [5, 5.41) is 5.74. The number of carbonyl (C=O) groups is 2. The highest BCUT2D eigenvalue weighted by Crippen LogP contribution is 2.27. The number of aromatic nitrogens is 1. The number of para-hydroxylation sites is 1. The van der Waals surface area contributed by atoms with Gasteiger partial charge >= 0.3 is 5.97 Å². The van der Waals surface area contributed by atoms with Crippen molar-refractivity contribution in [3.05, 3.63) is 63.8 Å². The zero-order valence-corrected chi connectivity index (χ0v) is 18.5. The number of carbonyl (C=O) groups excluding carboxylic acids is 2. The van der Waals surface area contributed by atoms with Gasteiger partial charge in [0, 0.05) is 27.2 Å². The second kappa shape index (κ2) is 10.3. The van der Waals surface area contributed by atoms with Gasteiger partial charge in [0.1, 0.15) is 12.3 Å². The van der Waals surface area contributed by atoms with Crippen LogP contribution in [0.15, 0.2) is 47.6 Å². The van der Waals surface area contributed by atoms with Crippen molar-refractivity contribution in [1.29, 1.82) is 0 Å². The number of fused-ring (bicyclic) bond motifs is 1. The number of hydrazone groups is 1. The molecule has 1 aromatic heterocycles. The maximum Gasteiger partial charge on any atom is 0.325 e. The Hall–Kier alpha value is -3.03. The number of benzene rings is 2. The predicted molar refractivity (Wildman–Crippen MR) is 121 cm³/mol. The van der Waals surface area contributed by atoms with Crippen LogP contribution >= 0.6 is 23.2 Å². The summed E-state index contributed by atoms with van der Waals surface area (Å²) in [6, 6.07) is 12.4. The first kappa shape index (κ1) is 22.7. The molecule has 0 fully saturated rings. The highest BCUT2D eigenvalue weighted by atomic mass is 35.5. The Morgan fingerprint density at radius 2 is 1.97 bits per heavy atom. The molecule has 162 valence electrons. The van der Waals surface area contributed by atoms with Crippen LogP contribution in [0.4, 0.5) is 0 Å². The molecule has 1 N–H and O–H groups in total. The number of nitrogens with zero attached hydrogens (tertiary/aromatic N) is 2. The van der Waals surface area contributed by atoms with Crippen molar-refractivity contribution in [2.24, 2.45) is 5.10 Å². The molecule has 2 aromatic carbocycles. The molecule has 3 aromatic rings. The van der Waals surface area contributed by atoms with E-state index >= 15 is 0 Å². The number of halogens is 2. The molecule has 0 radical (unpaired) electrons. The predicted octanol–water partition coefficient (Wildman–Crippen LogP) is 4.35. The van der Waals surface area contributed by atoms with Gasteiger partial charge in [-0.25, -0.2) is 5.43 Å². The van der Waals surface area contributed by atoms with E-state index in [9.17, 15) is 9.59 Å². The molecule has 7 nitrogen and oxygen atoms in total. The molecule has 0 bridgehead atoms. The fourth-order valence-electron chi connectivity index (χ4n) is 3.10. The van der Waals surface area contributed by atoms with Crippen LogP contribution in [0, 0.1) is 6.92 Å². The van der Waals surface area contributed by atoms with Crippen LogP contribution in [0.25, 0.3) is 10.9 Å². The third kappa shape index (κ3) is 5.57. The molecule has 0 atom stereocenters. The number of rotatable bonds is 8. The highest BCUT2D eigenvalue weighted by Gasteiger charge is 2.15. The van der Waals surface area contributed by atoms with Crippen molar-refractivity contribution in [3.63, 3.8) is 0 Å². The molecule has 0 aliphatic carbocycles. The van der Waals surface area contributed by atoms with Crippen molar-refractivity contribution in [2.75, 3.05) is 13.2 Å². The maximum absolute atomic E-state index is 12.1. The summed E-state index contributed by atoms with van der Waals surface area (Å²) in [6.45, 7) is 3.80. The van der Waals surface area contributed by atoms with Gasteiger partial charge < -0.3 is 14.0 Å². The van der Waals surface area contributed by atoms with Crippen LogP contribution in [-0.4, -0.2) is 35.9 Å². The van der Waals surface area contributed by atoms with E-state index in [-0.39, 0.29) is 19.1 Å². The van der Waals surface area contributed by atoms with Crippen LogP contribution in [0.1, 0.15) is 18.2 Å². The molecule has 0 saturated carbocycles. The summed E-state index contributed by atoms with van der Waals surface area (Å²) >= 11 is 11.9. The van der Waals surface area contributed by atoms with Crippen LogP contribution in [-0.2, 0) is 20.9 Å². The van der Waals surface area contributed by atoms with Crippen LogP contribution in [0.5, 0.6) is 5.75 Å². The van der Waals surface area contributed by atoms with Crippen LogP contribution in [0.3, 0.4) is 0 Å². The molecule has 3 rings (SSSR count). The number of amides is 1. The van der Waals surface area contributed by atoms with Gasteiger partial charge in [-0.15, -0.1) is 0 Å². The molecule has 1 amide bonds. The Morgan fingerprint density at radius 3 is 2.71 bits per heavy atom. The first-order chi connectivity index (χ1) is 14.9. The third-order valence-corrected chi connectivity index (χ3v) is 5.04. The third-order valence-electron chi connectivity index (χ3n) is 4.51. The average molecular weight is 462 g/mol. The first-order valence-electron chi connectivity index (χ1n) is 9.54. The Morgan fingerprint density at radius 1 is 1.19 bits per heavy atom. The fourth-order valence-corrected chi connectivity index (χ4v) is 3.56. The Balaban J connectivity index is 1.70. The molecule has 0 saturated heterocycles. The minimum Gasteiger partial charge on any atom is -0.482 e.